The van der Waals surface area contributed by atoms with Crippen molar-refractivity contribution in [2.24, 2.45) is 5.92 Å². The predicted octanol–water partition coefficient (Wildman–Crippen LogP) is 4.15. The summed E-state index contributed by atoms with van der Waals surface area (Å²) in [4.78, 5) is 23.3. The van der Waals surface area contributed by atoms with Crippen molar-refractivity contribution in [2.45, 2.75) is 64.7 Å². The molecule has 26 heavy (non-hydrogen) atoms. The Morgan fingerprint density at radius 3 is 2.35 bits per heavy atom. The lowest BCUT2D eigenvalue weighted by atomic mass is 9.84. The average molecular weight is 360 g/mol. The molecule has 4 nitrogen and oxygen atoms in total. The van der Waals surface area contributed by atoms with Gasteiger partial charge in [-0.05, 0) is 62.1 Å². The van der Waals surface area contributed by atoms with Gasteiger partial charge in [0.25, 0.3) is 0 Å². The third-order valence-electron chi connectivity index (χ3n) is 5.74. The first-order chi connectivity index (χ1) is 12.4. The molecule has 2 fully saturated rings. The molecule has 0 bridgehead atoms. The lowest BCUT2D eigenvalue weighted by Gasteiger charge is -2.19. The highest BCUT2D eigenvalue weighted by Crippen LogP contribution is 2.51. The van der Waals surface area contributed by atoms with Crippen LogP contribution < -0.4 is 0 Å². The van der Waals surface area contributed by atoms with Gasteiger partial charge < -0.3 is 9.47 Å². The molecule has 0 atom stereocenters. The molecule has 0 spiro atoms. The van der Waals surface area contributed by atoms with Crippen LogP contribution in [0.15, 0.2) is 18.2 Å². The van der Waals surface area contributed by atoms with Gasteiger partial charge in [-0.2, -0.15) is 0 Å². The largest absolute Gasteiger partial charge is 0.469 e. The summed E-state index contributed by atoms with van der Waals surface area (Å²) in [5.74, 6) is 0.896. The molecule has 1 aliphatic carbocycles. The van der Waals surface area contributed by atoms with Gasteiger partial charge in [0, 0.05) is 13.2 Å². The molecule has 0 N–H and O–H groups in total. The second-order valence-corrected chi connectivity index (χ2v) is 7.46. The van der Waals surface area contributed by atoms with Crippen molar-refractivity contribution in [2.75, 3.05) is 20.3 Å². The number of hydrogen-bond acceptors (Lipinski definition) is 4. The Balaban J connectivity index is 0.000000254. The average Bonchev–Trinajstić information content (AvgIpc) is 3.44. The maximum atomic E-state index is 11.9. The van der Waals surface area contributed by atoms with Gasteiger partial charge in [-0.15, -0.1) is 0 Å². The van der Waals surface area contributed by atoms with Crippen molar-refractivity contribution in [3.63, 3.8) is 0 Å². The summed E-state index contributed by atoms with van der Waals surface area (Å²) in [5.41, 5.74) is 2.72. The lowest BCUT2D eigenvalue weighted by Crippen LogP contribution is -2.21. The van der Waals surface area contributed by atoms with Crippen LogP contribution in [0.2, 0.25) is 0 Å². The maximum absolute atomic E-state index is 11.9. The minimum Gasteiger partial charge on any atom is -0.469 e. The van der Waals surface area contributed by atoms with Gasteiger partial charge in [-0.1, -0.05) is 31.5 Å². The van der Waals surface area contributed by atoms with Gasteiger partial charge >= 0.3 is 5.97 Å². The third-order valence-corrected chi connectivity index (χ3v) is 5.74. The van der Waals surface area contributed by atoms with Gasteiger partial charge in [0.05, 0.1) is 18.9 Å². The van der Waals surface area contributed by atoms with Crippen LogP contribution in [-0.4, -0.2) is 32.1 Å². The molecule has 1 heterocycles. The van der Waals surface area contributed by atoms with E-state index >= 15 is 0 Å². The van der Waals surface area contributed by atoms with Crippen LogP contribution >= 0.6 is 0 Å². The Morgan fingerprint density at radius 1 is 1.23 bits per heavy atom. The molecular formula is C22H32O4. The highest BCUT2D eigenvalue weighted by molar-refractivity contribution is 5.92. The Bertz CT molecular complexity index is 625. The summed E-state index contributed by atoms with van der Waals surface area (Å²) in [6, 6.07) is 5.84. The Labute approximate surface area is 157 Å². The topological polar surface area (TPSA) is 52.6 Å². The van der Waals surface area contributed by atoms with Gasteiger partial charge in [0.15, 0.2) is 0 Å². The zero-order chi connectivity index (χ0) is 19.2. The molecule has 1 aromatic rings. The first kappa shape index (κ1) is 20.6. The minimum atomic E-state index is -0.339. The summed E-state index contributed by atoms with van der Waals surface area (Å²) in [7, 11) is 1.38. The summed E-state index contributed by atoms with van der Waals surface area (Å²) >= 11 is 0. The number of rotatable bonds is 5. The fourth-order valence-corrected chi connectivity index (χ4v) is 3.85. The van der Waals surface area contributed by atoms with Crippen molar-refractivity contribution < 1.29 is 19.1 Å². The first-order valence-electron chi connectivity index (χ1n) is 9.69. The van der Waals surface area contributed by atoms with Gasteiger partial charge in [0.1, 0.15) is 5.78 Å². The van der Waals surface area contributed by atoms with Gasteiger partial charge in [0.2, 0.25) is 0 Å². The van der Waals surface area contributed by atoms with E-state index in [0.29, 0.717) is 0 Å². The van der Waals surface area contributed by atoms with E-state index in [0.717, 1.165) is 48.7 Å². The van der Waals surface area contributed by atoms with E-state index in [2.05, 4.69) is 6.92 Å². The highest BCUT2D eigenvalue weighted by atomic mass is 16.5. The van der Waals surface area contributed by atoms with Crippen molar-refractivity contribution in [1.82, 2.24) is 0 Å². The van der Waals surface area contributed by atoms with Crippen LogP contribution in [0.25, 0.3) is 0 Å². The molecule has 1 saturated heterocycles. The summed E-state index contributed by atoms with van der Waals surface area (Å²) < 4.78 is 9.92. The molecule has 2 aliphatic rings. The number of hydrogen-bond donors (Lipinski definition) is 0. The fraction of sp³-hybridized carbons (Fsp3) is 0.636. The number of ether oxygens (including phenoxy) is 2. The lowest BCUT2D eigenvalue weighted by molar-refractivity contribution is -0.139. The zero-order valence-electron chi connectivity index (χ0n) is 16.6. The molecule has 0 radical (unpaired) electrons. The number of aryl methyl sites for hydroxylation is 1. The van der Waals surface area contributed by atoms with E-state index in [9.17, 15) is 9.59 Å². The highest BCUT2D eigenvalue weighted by Gasteiger charge is 2.50. The molecule has 0 aromatic heterocycles. The number of carbonyl (C=O) groups is 2. The Kier molecular flexibility index (Phi) is 7.39. The van der Waals surface area contributed by atoms with E-state index in [1.165, 1.54) is 26.4 Å². The monoisotopic (exact) mass is 360 g/mol. The minimum absolute atomic E-state index is 0.197. The van der Waals surface area contributed by atoms with E-state index < -0.39 is 0 Å². The van der Waals surface area contributed by atoms with Crippen LogP contribution in [0.3, 0.4) is 0 Å². The first-order valence-corrected chi connectivity index (χ1v) is 9.69. The van der Waals surface area contributed by atoms with E-state index in [-0.39, 0.29) is 23.6 Å². The molecule has 0 unspecified atom stereocenters. The van der Waals surface area contributed by atoms with Crippen LogP contribution in [0.1, 0.15) is 62.6 Å². The Hall–Kier alpha value is -1.68. The second kappa shape index (κ2) is 9.31. The number of carbonyl (C=O) groups excluding carboxylic acids is 2. The van der Waals surface area contributed by atoms with Crippen LogP contribution in [0.5, 0.6) is 0 Å². The third kappa shape index (κ3) is 4.94. The van der Waals surface area contributed by atoms with Crippen LogP contribution in [0.4, 0.5) is 0 Å². The molecule has 144 valence electrons. The number of Topliss-reactive ketones (excluding diaryl/α,β-unsaturated/α-hetero) is 1. The second-order valence-electron chi connectivity index (χ2n) is 7.46. The summed E-state index contributed by atoms with van der Waals surface area (Å²) in [6.45, 7) is 7.90. The molecule has 1 aliphatic heterocycles. The molecular weight excluding hydrogens is 328 g/mol. The smallest absolute Gasteiger partial charge is 0.309 e. The standard InChI is InChI=1S/C15H18O3.C7H14O/c1-10-5-4-6-12(9-13(17)18-3)14(10)15(7-8-15)11(2)16;1-2-7-3-5-8-6-4-7/h4-6H,7-9H2,1-3H3;7H,2-6H2,1H3. The quantitative estimate of drug-likeness (QED) is 0.740. The summed E-state index contributed by atoms with van der Waals surface area (Å²) in [6.07, 6.45) is 5.93. The Morgan fingerprint density at radius 2 is 1.88 bits per heavy atom. The molecule has 3 rings (SSSR count). The van der Waals surface area contributed by atoms with Crippen molar-refractivity contribution >= 4 is 11.8 Å². The molecule has 1 saturated carbocycles. The maximum Gasteiger partial charge on any atom is 0.309 e. The number of esters is 1. The molecule has 1 aromatic carbocycles. The number of methoxy groups -OCH3 is 1. The summed E-state index contributed by atoms with van der Waals surface area (Å²) in [5, 5.41) is 0. The SMILES string of the molecule is CCC1CCOCC1.COC(=O)Cc1cccc(C)c1C1(C(C)=O)CC1. The number of ketones is 1. The fourth-order valence-electron chi connectivity index (χ4n) is 3.85. The van der Waals surface area contributed by atoms with E-state index in [1.807, 2.05) is 25.1 Å². The van der Waals surface area contributed by atoms with Crippen LogP contribution in [-0.2, 0) is 30.9 Å². The van der Waals surface area contributed by atoms with E-state index in [4.69, 9.17) is 9.47 Å². The van der Waals surface area contributed by atoms with Crippen LogP contribution in [0, 0.1) is 12.8 Å². The van der Waals surface area contributed by atoms with E-state index in [1.54, 1.807) is 6.92 Å². The van der Waals surface area contributed by atoms with Gasteiger partial charge in [-0.3, -0.25) is 9.59 Å². The number of benzene rings is 1. The molecule has 0 amide bonds. The van der Waals surface area contributed by atoms with Crippen molar-refractivity contribution in [3.05, 3.63) is 34.9 Å². The predicted molar refractivity (Wildman–Crippen MR) is 102 cm³/mol. The normalized spacial score (nSPS) is 18.5. The molecule has 4 heteroatoms. The van der Waals surface area contributed by atoms with Crippen molar-refractivity contribution in [3.8, 4) is 0 Å². The van der Waals surface area contributed by atoms with Gasteiger partial charge in [-0.25, -0.2) is 0 Å². The zero-order valence-corrected chi connectivity index (χ0v) is 16.6. The van der Waals surface area contributed by atoms with Crippen molar-refractivity contribution in [1.29, 1.82) is 0 Å².